The number of aliphatic hydroxyl groups is 1. The van der Waals surface area contributed by atoms with E-state index in [1.807, 2.05) is 224 Å². The van der Waals surface area contributed by atoms with Crippen LogP contribution in [0.3, 0.4) is 0 Å². The van der Waals surface area contributed by atoms with Crippen molar-refractivity contribution in [3.63, 3.8) is 0 Å². The third kappa shape index (κ3) is 18.3. The molecule has 14 aromatic rings. The van der Waals surface area contributed by atoms with E-state index in [-0.39, 0.29) is 12.6 Å². The summed E-state index contributed by atoms with van der Waals surface area (Å²) >= 11 is 7.85. The Bertz CT molecular complexity index is 4950. The topological polar surface area (TPSA) is 169 Å². The first-order chi connectivity index (χ1) is 47.7. The summed E-state index contributed by atoms with van der Waals surface area (Å²) in [5, 5.41) is 47.6. The molecule has 0 bridgehead atoms. The number of aliphatic carboxylic acids is 1. The fourth-order valence-corrected chi connectivity index (χ4v) is 16.8. The zero-order valence-electron chi connectivity index (χ0n) is 56.2. The summed E-state index contributed by atoms with van der Waals surface area (Å²) in [7, 11) is -1.36. The number of carbonyl (C=O) groups excluding carboxylic acids is 2. The molecule has 0 spiro atoms. The SMILES string of the molecule is CC(C)(C)OC(C(=O)O)c1sc2ccccc2c1-c1ccccc1.CCOC(=O)C(O)c1sc2ccccc2c1-c1ccccc1.CCOC(=O)C(OC(C)(C)C)c1sc2ccccc2c1-c1ccccc1.OB(O)c1csc2ccccc12.c1ccc(-c2csc3ccccc23)cc1. The van der Waals surface area contributed by atoms with Crippen LogP contribution in [0.4, 0.5) is 0 Å². The Morgan fingerprint density at radius 1 is 0.394 bits per heavy atom. The van der Waals surface area contributed by atoms with Gasteiger partial charge in [-0.05, 0) is 124 Å². The van der Waals surface area contributed by atoms with Gasteiger partial charge in [-0.25, -0.2) is 14.4 Å². The lowest BCUT2D eigenvalue weighted by atomic mass is 9.80. The first-order valence-corrected chi connectivity index (χ1v) is 36.6. The van der Waals surface area contributed by atoms with Crippen LogP contribution in [0.1, 0.15) is 88.3 Å². The van der Waals surface area contributed by atoms with Gasteiger partial charge in [0.25, 0.3) is 0 Å². The third-order valence-electron chi connectivity index (χ3n) is 15.3. The van der Waals surface area contributed by atoms with Crippen molar-refractivity contribution in [2.24, 2.45) is 0 Å². The van der Waals surface area contributed by atoms with Gasteiger partial charge in [0.2, 0.25) is 0 Å². The van der Waals surface area contributed by atoms with Gasteiger partial charge in [0, 0.05) is 72.8 Å². The summed E-state index contributed by atoms with van der Waals surface area (Å²) in [6.45, 7) is 15.6. The van der Waals surface area contributed by atoms with Crippen LogP contribution in [-0.2, 0) is 33.3 Å². The van der Waals surface area contributed by atoms with Crippen molar-refractivity contribution in [3.8, 4) is 44.5 Å². The van der Waals surface area contributed by atoms with Crippen LogP contribution in [0.25, 0.3) is 94.9 Å². The molecule has 0 aliphatic rings. The molecule has 4 N–H and O–H groups in total. The largest absolute Gasteiger partial charge is 0.489 e. The lowest BCUT2D eigenvalue weighted by molar-refractivity contribution is -0.166. The molecule has 99 heavy (non-hydrogen) atoms. The molecule has 3 unspecified atom stereocenters. The van der Waals surface area contributed by atoms with Crippen molar-refractivity contribution in [1.29, 1.82) is 0 Å². The molecular formula is C82H77BO11S5. The normalized spacial score (nSPS) is 12.2. The molecule has 9 aromatic carbocycles. The van der Waals surface area contributed by atoms with Crippen molar-refractivity contribution in [1.82, 2.24) is 0 Å². The first kappa shape index (κ1) is 72.8. The maximum Gasteiger partial charge on any atom is 0.489 e. The third-order valence-corrected chi connectivity index (χ3v) is 20.9. The van der Waals surface area contributed by atoms with Crippen LogP contribution < -0.4 is 5.46 Å². The summed E-state index contributed by atoms with van der Waals surface area (Å²) in [5.74, 6) is -1.91. The quantitative estimate of drug-likeness (QED) is 0.0569. The molecule has 5 heterocycles. The van der Waals surface area contributed by atoms with E-state index in [9.17, 15) is 24.6 Å². The fraction of sp³-hybridized carbons (Fsp3) is 0.183. The minimum Gasteiger partial charge on any atom is -0.479 e. The predicted octanol–water partition coefficient (Wildman–Crippen LogP) is 20.8. The molecule has 11 nitrogen and oxygen atoms in total. The highest BCUT2D eigenvalue weighted by Gasteiger charge is 2.35. The molecule has 14 rings (SSSR count). The number of esters is 2. The van der Waals surface area contributed by atoms with Gasteiger partial charge in [0.1, 0.15) is 0 Å². The number of hydrogen-bond acceptors (Lipinski definition) is 15. The highest BCUT2D eigenvalue weighted by molar-refractivity contribution is 7.21. The molecule has 0 amide bonds. The van der Waals surface area contributed by atoms with Crippen molar-refractivity contribution in [2.45, 2.75) is 84.9 Å². The number of carboxylic acid groups (broad SMARTS) is 1. The fourth-order valence-electron chi connectivity index (χ4n) is 11.2. The van der Waals surface area contributed by atoms with Gasteiger partial charge in [-0.15, -0.1) is 56.7 Å². The predicted molar refractivity (Wildman–Crippen MR) is 414 cm³/mol. The maximum absolute atomic E-state index is 12.7. The first-order valence-electron chi connectivity index (χ1n) is 32.4. The molecule has 17 heteroatoms. The summed E-state index contributed by atoms with van der Waals surface area (Å²) in [6, 6.07) is 80.8. The van der Waals surface area contributed by atoms with Crippen LogP contribution in [0, 0.1) is 0 Å². The van der Waals surface area contributed by atoms with Gasteiger partial charge >= 0.3 is 25.0 Å². The molecule has 5 aromatic heterocycles. The molecule has 0 fully saturated rings. The Labute approximate surface area is 597 Å². The Morgan fingerprint density at radius 2 is 0.717 bits per heavy atom. The van der Waals surface area contributed by atoms with Gasteiger partial charge in [-0.1, -0.05) is 212 Å². The van der Waals surface area contributed by atoms with Crippen molar-refractivity contribution >= 4 is 138 Å². The Morgan fingerprint density at radius 3 is 1.13 bits per heavy atom. The van der Waals surface area contributed by atoms with Gasteiger partial charge in [-0.2, -0.15) is 0 Å². The molecular weight excluding hydrogens is 1330 g/mol. The maximum atomic E-state index is 12.7. The van der Waals surface area contributed by atoms with Crippen LogP contribution in [0.5, 0.6) is 0 Å². The van der Waals surface area contributed by atoms with Crippen LogP contribution in [0.2, 0.25) is 0 Å². The van der Waals surface area contributed by atoms with E-state index < -0.39 is 48.6 Å². The molecule has 0 aliphatic heterocycles. The van der Waals surface area contributed by atoms with Crippen LogP contribution >= 0.6 is 56.7 Å². The zero-order valence-corrected chi connectivity index (χ0v) is 60.2. The van der Waals surface area contributed by atoms with E-state index in [0.29, 0.717) is 16.9 Å². The number of rotatable bonds is 15. The average Bonchev–Trinajstić information content (AvgIpc) is 1.63. The standard InChI is InChI=1S/C22H24O3S.C20H20O3S.C18H16O3S.C14H10S.C8H7BO2S/c1-5-24-21(23)19(25-22(2,3)4)20-18(15-11-7-6-8-12-15)16-13-9-10-14-17(16)26-20;1-20(2,3)23-17(19(21)22)18-16(13-9-5-4-6-10-13)14-11-7-8-12-15(14)24-18;1-2-21-18(20)16(19)17-15(12-8-4-3-5-9-12)13-10-6-7-11-14(13)22-17;1-2-6-11(7-3-1)13-10-15-14-9-5-4-8-12(13)14;10-9(11)7-5-12-8-4-2-1-3-6(7)8/h6-14,19H,5H2,1-4H3;4-12,17H,1-3H3,(H,21,22);3-11,16,19H,2H2,1H3;1-10H;1-5,10-11H. The molecule has 0 saturated heterocycles. The van der Waals surface area contributed by atoms with E-state index in [1.165, 1.54) is 55.2 Å². The van der Waals surface area contributed by atoms with Crippen molar-refractivity contribution < 1.29 is 53.6 Å². The number of fused-ring (bicyclic) bond motifs is 5. The number of thiophene rings is 5. The van der Waals surface area contributed by atoms with E-state index in [2.05, 4.69) is 84.2 Å². The molecule has 504 valence electrons. The van der Waals surface area contributed by atoms with E-state index >= 15 is 0 Å². The monoisotopic (exact) mass is 1410 g/mol. The summed E-state index contributed by atoms with van der Waals surface area (Å²) in [5.41, 5.74) is 8.19. The number of aliphatic hydroxyl groups excluding tert-OH is 1. The second kappa shape index (κ2) is 33.7. The van der Waals surface area contributed by atoms with E-state index in [4.69, 9.17) is 29.0 Å². The molecule has 0 aliphatic carbocycles. The summed E-state index contributed by atoms with van der Waals surface area (Å²) in [6.07, 6.45) is -2.99. The Balaban J connectivity index is 0.000000137. The molecule has 3 atom stereocenters. The second-order valence-corrected chi connectivity index (χ2v) is 29.7. The smallest absolute Gasteiger partial charge is 0.479 e. The van der Waals surface area contributed by atoms with Gasteiger partial charge in [0.15, 0.2) is 18.3 Å². The van der Waals surface area contributed by atoms with Crippen LogP contribution in [0.15, 0.2) is 253 Å². The lowest BCUT2D eigenvalue weighted by Gasteiger charge is -2.26. The second-order valence-electron chi connectivity index (χ2n) is 24.6. The highest BCUT2D eigenvalue weighted by Crippen LogP contribution is 2.47. The van der Waals surface area contributed by atoms with Crippen molar-refractivity contribution in [3.05, 3.63) is 268 Å². The van der Waals surface area contributed by atoms with Crippen LogP contribution in [-0.4, -0.2) is 69.7 Å². The highest BCUT2D eigenvalue weighted by atomic mass is 32.1. The number of carbonyl (C=O) groups is 3. The number of benzene rings is 9. The Kier molecular flexibility index (Phi) is 24.8. The summed E-state index contributed by atoms with van der Waals surface area (Å²) in [4.78, 5) is 38.9. The van der Waals surface area contributed by atoms with E-state index in [1.54, 1.807) is 23.6 Å². The van der Waals surface area contributed by atoms with Gasteiger partial charge in [-0.3, -0.25) is 0 Å². The van der Waals surface area contributed by atoms with Gasteiger partial charge in [0.05, 0.1) is 39.0 Å². The number of ether oxygens (including phenoxy) is 4. The lowest BCUT2D eigenvalue weighted by Crippen LogP contribution is -2.28. The zero-order chi connectivity index (χ0) is 70.2. The van der Waals surface area contributed by atoms with E-state index in [0.717, 1.165) is 83.5 Å². The van der Waals surface area contributed by atoms with Gasteiger partial charge < -0.3 is 39.2 Å². The Hall–Kier alpha value is -8.95. The summed E-state index contributed by atoms with van der Waals surface area (Å²) < 4.78 is 28.0. The minimum atomic E-state index is -1.36. The number of hydrogen-bond donors (Lipinski definition) is 4. The minimum absolute atomic E-state index is 0.251. The number of carboxylic acids is 1. The molecule has 0 radical (unpaired) electrons. The van der Waals surface area contributed by atoms with Crippen molar-refractivity contribution in [2.75, 3.05) is 13.2 Å². The average molecular weight is 1410 g/mol. The molecule has 0 saturated carbocycles.